The zero-order valence-corrected chi connectivity index (χ0v) is 16.7. The summed E-state index contributed by atoms with van der Waals surface area (Å²) in [6, 6.07) is 14.6. The van der Waals surface area contributed by atoms with Gasteiger partial charge in [-0.15, -0.1) is 0 Å². The number of carbonyl (C=O) groups is 1. The van der Waals surface area contributed by atoms with E-state index < -0.39 is 17.2 Å². The van der Waals surface area contributed by atoms with Crippen molar-refractivity contribution in [2.45, 2.75) is 24.4 Å². The van der Waals surface area contributed by atoms with Gasteiger partial charge in [-0.05, 0) is 54.3 Å². The van der Waals surface area contributed by atoms with Crippen LogP contribution in [0.1, 0.15) is 24.0 Å². The van der Waals surface area contributed by atoms with Crippen LogP contribution in [0.5, 0.6) is 17.2 Å². The second-order valence-corrected chi connectivity index (χ2v) is 7.88. The van der Waals surface area contributed by atoms with Gasteiger partial charge in [-0.2, -0.15) is 13.2 Å². The second kappa shape index (κ2) is 7.19. The first-order chi connectivity index (χ1) is 15.3. The fraction of sp³-hybridized carbons (Fsp3) is 0.208. The molecule has 1 aliphatic carbocycles. The molecule has 0 saturated heterocycles. The molecule has 0 unspecified atom stereocenters. The van der Waals surface area contributed by atoms with Crippen LogP contribution in [-0.4, -0.2) is 17.8 Å². The molecular formula is C24H18F3NO4. The Bertz CT molecular complexity index is 1220. The summed E-state index contributed by atoms with van der Waals surface area (Å²) in [5, 5.41) is 12.7. The van der Waals surface area contributed by atoms with Crippen molar-refractivity contribution in [1.29, 1.82) is 0 Å². The molecule has 1 saturated carbocycles. The first-order valence-electron chi connectivity index (χ1n) is 9.99. The van der Waals surface area contributed by atoms with Crippen LogP contribution in [0.15, 0.2) is 60.7 Å². The Morgan fingerprint density at radius 2 is 1.69 bits per heavy atom. The van der Waals surface area contributed by atoms with Crippen molar-refractivity contribution in [3.63, 3.8) is 0 Å². The van der Waals surface area contributed by atoms with Gasteiger partial charge >= 0.3 is 6.18 Å². The van der Waals surface area contributed by atoms with E-state index >= 15 is 0 Å². The summed E-state index contributed by atoms with van der Waals surface area (Å²) in [5.41, 5.74) is -1.07. The minimum atomic E-state index is -4.67. The first-order valence-corrected chi connectivity index (χ1v) is 9.99. The van der Waals surface area contributed by atoms with Crippen molar-refractivity contribution in [2.24, 2.45) is 0 Å². The van der Waals surface area contributed by atoms with E-state index in [1.165, 1.54) is 30.3 Å². The molecule has 0 spiro atoms. The second-order valence-electron chi connectivity index (χ2n) is 7.88. The van der Waals surface area contributed by atoms with Gasteiger partial charge in [0.1, 0.15) is 5.75 Å². The standard InChI is InChI=1S/C24H18F3NO4/c25-24(26,27)18-12-15(6-7-16(18)17-3-1-2-4-19(17)29)28-22(30)23(9-10-23)14-5-8-20-21(11-14)32-13-31-20/h1-8,11-12,29H,9-10,13H2,(H,28,30). The number of halogens is 3. The van der Waals surface area contributed by atoms with Crippen molar-refractivity contribution in [2.75, 3.05) is 12.1 Å². The van der Waals surface area contributed by atoms with Gasteiger partial charge in [0, 0.05) is 11.3 Å². The van der Waals surface area contributed by atoms with E-state index in [1.54, 1.807) is 24.3 Å². The predicted molar refractivity (Wildman–Crippen MR) is 111 cm³/mol. The maximum absolute atomic E-state index is 13.8. The SMILES string of the molecule is O=C(Nc1ccc(-c2ccccc2O)c(C(F)(F)F)c1)C1(c2ccc3c(c2)OCO3)CC1. The quantitative estimate of drug-likeness (QED) is 0.563. The number of hydrogen-bond acceptors (Lipinski definition) is 4. The van der Waals surface area contributed by atoms with Gasteiger partial charge in [0.2, 0.25) is 12.7 Å². The molecule has 3 aromatic carbocycles. The summed E-state index contributed by atoms with van der Waals surface area (Å²) in [6.45, 7) is 0.113. The number of hydrogen-bond donors (Lipinski definition) is 2. The molecule has 1 aliphatic heterocycles. The molecule has 0 radical (unpaired) electrons. The molecule has 1 fully saturated rings. The van der Waals surface area contributed by atoms with Crippen LogP contribution >= 0.6 is 0 Å². The number of aromatic hydroxyl groups is 1. The fourth-order valence-corrected chi connectivity index (χ4v) is 4.01. The van der Waals surface area contributed by atoms with Gasteiger partial charge in [0.05, 0.1) is 11.0 Å². The van der Waals surface area contributed by atoms with E-state index in [4.69, 9.17) is 9.47 Å². The Morgan fingerprint density at radius 1 is 0.938 bits per heavy atom. The molecule has 3 aromatic rings. The van der Waals surface area contributed by atoms with Crippen molar-refractivity contribution in [3.8, 4) is 28.4 Å². The number of carbonyl (C=O) groups excluding carboxylic acids is 1. The Hall–Kier alpha value is -3.68. The number of anilines is 1. The topological polar surface area (TPSA) is 67.8 Å². The number of ether oxygens (including phenoxy) is 2. The van der Waals surface area contributed by atoms with Gasteiger partial charge in [-0.25, -0.2) is 0 Å². The highest BCUT2D eigenvalue weighted by Gasteiger charge is 2.51. The normalized spacial score (nSPS) is 16.0. The van der Waals surface area contributed by atoms with Gasteiger partial charge in [-0.1, -0.05) is 30.3 Å². The highest BCUT2D eigenvalue weighted by atomic mass is 19.4. The molecule has 1 heterocycles. The zero-order chi connectivity index (χ0) is 22.5. The van der Waals surface area contributed by atoms with E-state index in [0.29, 0.717) is 24.3 Å². The largest absolute Gasteiger partial charge is 0.507 e. The third-order valence-corrected chi connectivity index (χ3v) is 5.89. The molecule has 2 aliphatic rings. The van der Waals surface area contributed by atoms with E-state index in [1.807, 2.05) is 0 Å². The third-order valence-electron chi connectivity index (χ3n) is 5.89. The summed E-state index contributed by atoms with van der Waals surface area (Å²) >= 11 is 0. The molecular weight excluding hydrogens is 423 g/mol. The summed E-state index contributed by atoms with van der Waals surface area (Å²) in [7, 11) is 0. The molecule has 0 aromatic heterocycles. The average Bonchev–Trinajstić information content (AvgIpc) is 3.44. The zero-order valence-electron chi connectivity index (χ0n) is 16.7. The molecule has 0 atom stereocenters. The van der Waals surface area contributed by atoms with Crippen molar-refractivity contribution in [1.82, 2.24) is 0 Å². The number of benzene rings is 3. The van der Waals surface area contributed by atoms with Gasteiger partial charge in [0.15, 0.2) is 11.5 Å². The fourth-order valence-electron chi connectivity index (χ4n) is 4.01. The number of nitrogens with one attached hydrogen (secondary N) is 1. The Labute approximate surface area is 181 Å². The average molecular weight is 441 g/mol. The highest BCUT2D eigenvalue weighted by Crippen LogP contribution is 2.51. The lowest BCUT2D eigenvalue weighted by Crippen LogP contribution is -2.28. The minimum Gasteiger partial charge on any atom is -0.507 e. The molecule has 32 heavy (non-hydrogen) atoms. The Morgan fingerprint density at radius 3 is 2.41 bits per heavy atom. The molecule has 2 N–H and O–H groups in total. The van der Waals surface area contributed by atoms with Crippen LogP contribution in [0.3, 0.4) is 0 Å². The molecule has 0 bridgehead atoms. The minimum absolute atomic E-state index is 0.0357. The van der Waals surface area contributed by atoms with Crippen LogP contribution in [0.4, 0.5) is 18.9 Å². The smallest absolute Gasteiger partial charge is 0.417 e. The van der Waals surface area contributed by atoms with Crippen molar-refractivity contribution < 1.29 is 32.5 Å². The van der Waals surface area contributed by atoms with Crippen molar-refractivity contribution in [3.05, 3.63) is 71.8 Å². The number of phenols is 1. The molecule has 8 heteroatoms. The van der Waals surface area contributed by atoms with Crippen molar-refractivity contribution >= 4 is 11.6 Å². The number of para-hydroxylation sites is 1. The lowest BCUT2D eigenvalue weighted by Gasteiger charge is -2.19. The van der Waals surface area contributed by atoms with Gasteiger partial charge < -0.3 is 19.9 Å². The van der Waals surface area contributed by atoms with E-state index in [9.17, 15) is 23.1 Å². The summed E-state index contributed by atoms with van der Waals surface area (Å²) < 4.78 is 52.1. The Balaban J connectivity index is 1.46. The molecule has 5 nitrogen and oxygen atoms in total. The number of amides is 1. The first kappa shape index (κ1) is 20.2. The summed E-state index contributed by atoms with van der Waals surface area (Å²) in [6.07, 6.45) is -3.51. The summed E-state index contributed by atoms with van der Waals surface area (Å²) in [4.78, 5) is 13.1. The number of rotatable bonds is 4. The van der Waals surface area contributed by atoms with E-state index in [2.05, 4.69) is 5.32 Å². The van der Waals surface area contributed by atoms with Gasteiger partial charge in [-0.3, -0.25) is 4.79 Å². The highest BCUT2D eigenvalue weighted by molar-refractivity contribution is 6.01. The Kier molecular flexibility index (Phi) is 4.54. The number of fused-ring (bicyclic) bond motifs is 1. The monoisotopic (exact) mass is 441 g/mol. The lowest BCUT2D eigenvalue weighted by molar-refractivity contribution is -0.137. The van der Waals surface area contributed by atoms with E-state index in [0.717, 1.165) is 11.6 Å². The van der Waals surface area contributed by atoms with Crippen LogP contribution < -0.4 is 14.8 Å². The van der Waals surface area contributed by atoms with Crippen LogP contribution in [0, 0.1) is 0 Å². The maximum Gasteiger partial charge on any atom is 0.417 e. The number of alkyl halides is 3. The summed E-state index contributed by atoms with van der Waals surface area (Å²) in [5.74, 6) is 0.516. The van der Waals surface area contributed by atoms with E-state index in [-0.39, 0.29) is 35.3 Å². The lowest BCUT2D eigenvalue weighted by atomic mass is 9.94. The number of phenolic OH excluding ortho intramolecular Hbond substituents is 1. The van der Waals surface area contributed by atoms with Crippen LogP contribution in [0.25, 0.3) is 11.1 Å². The van der Waals surface area contributed by atoms with Gasteiger partial charge in [0.25, 0.3) is 0 Å². The molecule has 5 rings (SSSR count). The molecule has 164 valence electrons. The predicted octanol–water partition coefficient (Wildman–Crippen LogP) is 5.48. The maximum atomic E-state index is 13.8. The third kappa shape index (κ3) is 3.41. The van der Waals surface area contributed by atoms with Crippen LogP contribution in [0.2, 0.25) is 0 Å². The molecule has 1 amide bonds. The van der Waals surface area contributed by atoms with Crippen LogP contribution in [-0.2, 0) is 16.4 Å².